The second-order valence-electron chi connectivity index (χ2n) is 4.80. The van der Waals surface area contributed by atoms with Crippen LogP contribution in [0.5, 0.6) is 0 Å². The highest BCUT2D eigenvalue weighted by molar-refractivity contribution is 4.85. The Hall–Kier alpha value is -0.0800. The average molecular weight is 196 g/mol. The summed E-state index contributed by atoms with van der Waals surface area (Å²) in [6, 6.07) is 0.890. The Kier molecular flexibility index (Phi) is 3.82. The van der Waals surface area contributed by atoms with Gasteiger partial charge in [-0.1, -0.05) is 13.3 Å². The number of nitrogens with one attached hydrogen (secondary N) is 1. The first-order valence-electron chi connectivity index (χ1n) is 6.36. The highest BCUT2D eigenvalue weighted by atomic mass is 15.2. The van der Waals surface area contributed by atoms with Crippen molar-refractivity contribution in [3.63, 3.8) is 0 Å². The molecule has 82 valence electrons. The summed E-state index contributed by atoms with van der Waals surface area (Å²) in [6.45, 7) is 7.42. The van der Waals surface area contributed by atoms with Crippen LogP contribution in [0.1, 0.15) is 39.0 Å². The number of likely N-dealkylation sites (tertiary alicyclic amines) is 1. The maximum absolute atomic E-state index is 3.55. The zero-order valence-electron chi connectivity index (χ0n) is 9.47. The third-order valence-electron chi connectivity index (χ3n) is 3.95. The summed E-state index contributed by atoms with van der Waals surface area (Å²) in [4.78, 5) is 2.71. The average Bonchev–Trinajstić information content (AvgIpc) is 2.30. The van der Waals surface area contributed by atoms with Gasteiger partial charge in [-0.25, -0.2) is 0 Å². The summed E-state index contributed by atoms with van der Waals surface area (Å²) in [5, 5.41) is 3.55. The SMILES string of the molecule is CCN1CCCC[C@H]1[C@@H]1CCCNC1. The monoisotopic (exact) mass is 196 g/mol. The molecule has 2 aliphatic heterocycles. The fraction of sp³-hybridized carbons (Fsp3) is 1.00. The third kappa shape index (κ3) is 2.29. The van der Waals surface area contributed by atoms with Gasteiger partial charge in [0.15, 0.2) is 0 Å². The van der Waals surface area contributed by atoms with Crippen LogP contribution >= 0.6 is 0 Å². The summed E-state index contributed by atoms with van der Waals surface area (Å²) in [5.74, 6) is 0.934. The summed E-state index contributed by atoms with van der Waals surface area (Å²) < 4.78 is 0. The fourth-order valence-electron chi connectivity index (χ4n) is 3.15. The largest absolute Gasteiger partial charge is 0.316 e. The standard InChI is InChI=1S/C12H24N2/c1-2-14-9-4-3-7-12(14)11-6-5-8-13-10-11/h11-13H,2-10H2,1H3/t11-,12+/m1/s1. The number of rotatable bonds is 2. The predicted molar refractivity (Wildman–Crippen MR) is 60.5 cm³/mol. The molecule has 2 nitrogen and oxygen atoms in total. The van der Waals surface area contributed by atoms with Crippen LogP contribution < -0.4 is 5.32 Å². The van der Waals surface area contributed by atoms with Crippen LogP contribution in [0.3, 0.4) is 0 Å². The molecule has 0 saturated carbocycles. The van der Waals surface area contributed by atoms with Crippen molar-refractivity contribution in [2.45, 2.75) is 45.1 Å². The summed E-state index contributed by atoms with van der Waals surface area (Å²) in [7, 11) is 0. The molecule has 0 aromatic carbocycles. The smallest absolute Gasteiger partial charge is 0.0135 e. The van der Waals surface area contributed by atoms with E-state index in [0.29, 0.717) is 0 Å². The van der Waals surface area contributed by atoms with Gasteiger partial charge in [-0.2, -0.15) is 0 Å². The van der Waals surface area contributed by atoms with Crippen molar-refractivity contribution in [1.29, 1.82) is 0 Å². The van der Waals surface area contributed by atoms with Crippen molar-refractivity contribution >= 4 is 0 Å². The van der Waals surface area contributed by atoms with Crippen molar-refractivity contribution in [3.05, 3.63) is 0 Å². The van der Waals surface area contributed by atoms with Gasteiger partial charge in [-0.05, 0) is 57.8 Å². The Bertz CT molecular complexity index is 164. The highest BCUT2D eigenvalue weighted by Gasteiger charge is 2.29. The first kappa shape index (κ1) is 10.4. The van der Waals surface area contributed by atoms with Gasteiger partial charge < -0.3 is 10.2 Å². The van der Waals surface area contributed by atoms with Crippen molar-refractivity contribution in [2.75, 3.05) is 26.2 Å². The lowest BCUT2D eigenvalue weighted by Crippen LogP contribution is -2.48. The van der Waals surface area contributed by atoms with E-state index in [-0.39, 0.29) is 0 Å². The highest BCUT2D eigenvalue weighted by Crippen LogP contribution is 2.26. The number of hydrogen-bond donors (Lipinski definition) is 1. The molecule has 2 saturated heterocycles. The molecule has 0 aliphatic carbocycles. The zero-order chi connectivity index (χ0) is 9.80. The maximum atomic E-state index is 3.55. The van der Waals surface area contributed by atoms with E-state index in [1.54, 1.807) is 0 Å². The van der Waals surface area contributed by atoms with E-state index in [1.807, 2.05) is 0 Å². The van der Waals surface area contributed by atoms with Gasteiger partial charge in [0.1, 0.15) is 0 Å². The van der Waals surface area contributed by atoms with E-state index in [2.05, 4.69) is 17.1 Å². The predicted octanol–water partition coefficient (Wildman–Crippen LogP) is 1.86. The minimum absolute atomic E-state index is 0.890. The lowest BCUT2D eigenvalue weighted by Gasteiger charge is -2.41. The molecule has 0 aromatic rings. The molecule has 0 radical (unpaired) electrons. The van der Waals surface area contributed by atoms with E-state index in [1.165, 1.54) is 58.3 Å². The maximum Gasteiger partial charge on any atom is 0.0135 e. The first-order chi connectivity index (χ1) is 6.92. The normalized spacial score (nSPS) is 35.8. The second kappa shape index (κ2) is 5.13. The Labute approximate surface area is 88.1 Å². The van der Waals surface area contributed by atoms with Crippen molar-refractivity contribution in [3.8, 4) is 0 Å². The van der Waals surface area contributed by atoms with Gasteiger partial charge in [0.2, 0.25) is 0 Å². The molecule has 0 aromatic heterocycles. The molecule has 2 aliphatic rings. The Balaban J connectivity index is 1.91. The molecule has 0 amide bonds. The van der Waals surface area contributed by atoms with Crippen LogP contribution in [0.2, 0.25) is 0 Å². The van der Waals surface area contributed by atoms with Gasteiger partial charge >= 0.3 is 0 Å². The lowest BCUT2D eigenvalue weighted by atomic mass is 9.85. The van der Waals surface area contributed by atoms with Crippen LogP contribution in [0.15, 0.2) is 0 Å². The molecule has 2 atom stereocenters. The lowest BCUT2D eigenvalue weighted by molar-refractivity contribution is 0.0924. The minimum atomic E-state index is 0.890. The van der Waals surface area contributed by atoms with Gasteiger partial charge in [-0.15, -0.1) is 0 Å². The molecular weight excluding hydrogens is 172 g/mol. The minimum Gasteiger partial charge on any atom is -0.316 e. The fourth-order valence-corrected chi connectivity index (χ4v) is 3.15. The Morgan fingerprint density at radius 2 is 2.14 bits per heavy atom. The van der Waals surface area contributed by atoms with Crippen molar-refractivity contribution < 1.29 is 0 Å². The Morgan fingerprint density at radius 1 is 1.21 bits per heavy atom. The molecule has 0 bridgehead atoms. The van der Waals surface area contributed by atoms with E-state index < -0.39 is 0 Å². The van der Waals surface area contributed by atoms with Gasteiger partial charge in [0.25, 0.3) is 0 Å². The third-order valence-corrected chi connectivity index (χ3v) is 3.95. The van der Waals surface area contributed by atoms with Crippen LogP contribution in [0.25, 0.3) is 0 Å². The van der Waals surface area contributed by atoms with Crippen molar-refractivity contribution in [1.82, 2.24) is 10.2 Å². The van der Waals surface area contributed by atoms with E-state index in [4.69, 9.17) is 0 Å². The summed E-state index contributed by atoms with van der Waals surface area (Å²) in [6.07, 6.45) is 7.16. The van der Waals surface area contributed by atoms with Crippen LogP contribution in [-0.4, -0.2) is 37.1 Å². The number of hydrogen-bond acceptors (Lipinski definition) is 2. The quantitative estimate of drug-likeness (QED) is 0.725. The summed E-state index contributed by atoms with van der Waals surface area (Å²) in [5.41, 5.74) is 0. The van der Waals surface area contributed by atoms with Crippen LogP contribution in [0, 0.1) is 5.92 Å². The molecule has 2 fully saturated rings. The van der Waals surface area contributed by atoms with Gasteiger partial charge in [0, 0.05) is 6.04 Å². The molecule has 14 heavy (non-hydrogen) atoms. The van der Waals surface area contributed by atoms with E-state index in [0.717, 1.165) is 12.0 Å². The van der Waals surface area contributed by atoms with Gasteiger partial charge in [-0.3, -0.25) is 0 Å². The molecule has 2 heteroatoms. The molecule has 1 N–H and O–H groups in total. The van der Waals surface area contributed by atoms with Crippen molar-refractivity contribution in [2.24, 2.45) is 5.92 Å². The topological polar surface area (TPSA) is 15.3 Å². The molecule has 2 rings (SSSR count). The van der Waals surface area contributed by atoms with Crippen LogP contribution in [-0.2, 0) is 0 Å². The zero-order valence-corrected chi connectivity index (χ0v) is 9.47. The second-order valence-corrected chi connectivity index (χ2v) is 4.80. The molecule has 2 heterocycles. The molecular formula is C12H24N2. The number of piperidine rings is 2. The first-order valence-corrected chi connectivity index (χ1v) is 6.36. The van der Waals surface area contributed by atoms with E-state index in [9.17, 15) is 0 Å². The number of nitrogens with zero attached hydrogens (tertiary/aromatic N) is 1. The van der Waals surface area contributed by atoms with E-state index >= 15 is 0 Å². The molecule has 0 unspecified atom stereocenters. The Morgan fingerprint density at radius 3 is 2.86 bits per heavy atom. The molecule has 0 spiro atoms. The summed E-state index contributed by atoms with van der Waals surface area (Å²) >= 11 is 0. The van der Waals surface area contributed by atoms with Gasteiger partial charge in [0.05, 0.1) is 0 Å². The van der Waals surface area contributed by atoms with Crippen LogP contribution in [0.4, 0.5) is 0 Å².